The summed E-state index contributed by atoms with van der Waals surface area (Å²) < 4.78 is 337. The third-order valence-electron chi connectivity index (χ3n) is 14.7. The first-order chi connectivity index (χ1) is 32.1. The van der Waals surface area contributed by atoms with Gasteiger partial charge in [0.25, 0.3) is 11.2 Å². The van der Waals surface area contributed by atoms with Gasteiger partial charge in [0, 0.05) is 12.3 Å². The van der Waals surface area contributed by atoms with Crippen LogP contribution in [-0.2, 0) is 18.9 Å². The molecular weight excluding hydrogens is 1080 g/mol. The lowest BCUT2D eigenvalue weighted by atomic mass is 9.67. The van der Waals surface area contributed by atoms with Crippen molar-refractivity contribution >= 4 is 6.16 Å². The number of rotatable bonds is 15. The van der Waals surface area contributed by atoms with Crippen LogP contribution in [0, 0.1) is 41.4 Å². The lowest BCUT2D eigenvalue weighted by Crippen LogP contribution is -2.61. The van der Waals surface area contributed by atoms with Crippen molar-refractivity contribution in [2.24, 2.45) is 41.4 Å². The average molecular weight is 1130 g/mol. The van der Waals surface area contributed by atoms with Gasteiger partial charge < -0.3 is 34.3 Å². The molecule has 2 bridgehead atoms. The maximum Gasteiger partial charge on any atom is 0.510 e. The highest BCUT2D eigenvalue weighted by molar-refractivity contribution is 5.61. The van der Waals surface area contributed by atoms with Crippen molar-refractivity contribution in [3.8, 4) is 0 Å². The second-order valence-electron chi connectivity index (χ2n) is 19.9. The highest BCUT2D eigenvalue weighted by Gasteiger charge is 2.76. The monoisotopic (exact) mass is 1130 g/mol. The summed E-state index contributed by atoms with van der Waals surface area (Å²) in [7, 11) is 0. The van der Waals surface area contributed by atoms with Crippen molar-refractivity contribution in [3.05, 3.63) is 0 Å². The molecule has 0 spiro atoms. The number of carbonyl (C=O) groups is 1. The van der Waals surface area contributed by atoms with E-state index in [0.717, 1.165) is 20.8 Å². The first kappa shape index (κ1) is 66.5. The molecule has 0 heterocycles. The van der Waals surface area contributed by atoms with Crippen molar-refractivity contribution in [1.29, 1.82) is 0 Å². The first-order valence-corrected chi connectivity index (χ1v) is 22.0. The van der Waals surface area contributed by atoms with E-state index >= 15 is 0 Å². The topological polar surface area (TPSA) is 115 Å². The summed E-state index contributed by atoms with van der Waals surface area (Å²) in [6.45, 7) is 4.01. The maximum absolute atomic E-state index is 13.7. The van der Waals surface area contributed by atoms with Crippen LogP contribution in [0.3, 0.4) is 0 Å². The van der Waals surface area contributed by atoms with E-state index in [0.29, 0.717) is 6.92 Å². The van der Waals surface area contributed by atoms with Crippen molar-refractivity contribution in [1.82, 2.24) is 0 Å². The zero-order valence-corrected chi connectivity index (χ0v) is 39.4. The lowest BCUT2D eigenvalue weighted by Gasteiger charge is -2.46. The number of halogens is 24. The zero-order valence-electron chi connectivity index (χ0n) is 39.4. The number of ether oxygens (including phenoxy) is 4. The standard InChI is InChI=1S/C23H30F12O4.C18H24F12O4/c1-5-11(2)9-19(22(30,31)32,23(33,34)35)39-16(36)38-17(3,4)15-8-12-6-13(15)7-14(12)10-18(37,20(24,25)26)21(27,28)29;1-4-14(17(25,26)27,18(28,29)30)34-8-33-11-6-9(12(2,31)15(19,20)21)5-10(7-11)13(3,32)16(22,23)24/h11-15,37H,5-10H2,1-4H3;9-11,31-32H,4-8H2,1-3H3. The summed E-state index contributed by atoms with van der Waals surface area (Å²) in [5.41, 5.74) is -23.5. The van der Waals surface area contributed by atoms with E-state index in [1.165, 1.54) is 6.92 Å². The summed E-state index contributed by atoms with van der Waals surface area (Å²) in [5.74, 6) is -8.72. The minimum absolute atomic E-state index is 0.0754. The van der Waals surface area contributed by atoms with Crippen molar-refractivity contribution in [3.63, 3.8) is 0 Å². The number of hydrogen-bond donors (Lipinski definition) is 3. The Bertz CT molecular complexity index is 1730. The summed E-state index contributed by atoms with van der Waals surface area (Å²) in [4.78, 5) is 12.3. The normalized spacial score (nSPS) is 26.6. The molecule has 0 aromatic rings. The van der Waals surface area contributed by atoms with Gasteiger partial charge >= 0.3 is 61.2 Å². The Morgan fingerprint density at radius 2 is 0.932 bits per heavy atom. The van der Waals surface area contributed by atoms with Crippen molar-refractivity contribution < 1.29 is 144 Å². The highest BCUT2D eigenvalue weighted by Crippen LogP contribution is 2.60. The third-order valence-corrected chi connectivity index (χ3v) is 14.7. The molecule has 0 radical (unpaired) electrons. The van der Waals surface area contributed by atoms with Crippen LogP contribution in [0.2, 0.25) is 0 Å². The summed E-state index contributed by atoms with van der Waals surface area (Å²) in [6.07, 6.45) is -58.9. The molecule has 3 aliphatic rings. The largest absolute Gasteiger partial charge is 0.510 e. The Labute approximate surface area is 400 Å². The van der Waals surface area contributed by atoms with Crippen LogP contribution in [-0.4, -0.2) is 117 Å². The van der Waals surface area contributed by atoms with Gasteiger partial charge in [-0.1, -0.05) is 27.2 Å². The molecule has 3 fully saturated rings. The van der Waals surface area contributed by atoms with E-state index < -0.39 is 182 Å². The molecule has 0 amide bonds. The fourth-order valence-corrected chi connectivity index (χ4v) is 9.75. The number of carbonyl (C=O) groups excluding carboxylic acids is 1. The maximum atomic E-state index is 13.7. The average Bonchev–Trinajstić information content (AvgIpc) is 3.77. The summed E-state index contributed by atoms with van der Waals surface area (Å²) in [6, 6.07) is 0. The van der Waals surface area contributed by atoms with Crippen molar-refractivity contribution in [2.45, 2.75) is 202 Å². The molecular formula is C41H54F24O8. The molecule has 8 nitrogen and oxygen atoms in total. The van der Waals surface area contributed by atoms with Gasteiger partial charge in [-0.2, -0.15) is 105 Å². The smallest absolute Gasteiger partial charge is 0.428 e. The predicted octanol–water partition coefficient (Wildman–Crippen LogP) is 13.8. The molecule has 73 heavy (non-hydrogen) atoms. The van der Waals surface area contributed by atoms with Crippen LogP contribution in [0.25, 0.3) is 0 Å². The van der Waals surface area contributed by atoms with Gasteiger partial charge in [-0.15, -0.1) is 0 Å². The SMILES string of the molecule is CCC(C)CC(OC(=O)OC(C)(C)C1CC2CC1CC2CC(O)(C(F)(F)F)C(F)(F)F)(C(F)(F)F)C(F)(F)F.CCC(OCOC1CC(C(C)(O)C(F)(F)F)CC(C(C)(O)C(F)(F)F)C1)(C(F)(F)F)C(F)(F)F. The van der Waals surface area contributed by atoms with E-state index in [-0.39, 0.29) is 39.5 Å². The molecule has 0 aromatic heterocycles. The summed E-state index contributed by atoms with van der Waals surface area (Å²) >= 11 is 0. The van der Waals surface area contributed by atoms with Crippen LogP contribution in [0.4, 0.5) is 110 Å². The number of fused-ring (bicyclic) bond motifs is 2. The first-order valence-electron chi connectivity index (χ1n) is 22.0. The lowest BCUT2D eigenvalue weighted by molar-refractivity contribution is -0.396. The minimum Gasteiger partial charge on any atom is -0.428 e. The predicted molar refractivity (Wildman–Crippen MR) is 200 cm³/mol. The number of aliphatic hydroxyl groups is 3. The van der Waals surface area contributed by atoms with Gasteiger partial charge in [-0.3, -0.25) is 0 Å². The quantitative estimate of drug-likeness (QED) is 0.0844. The molecule has 0 saturated heterocycles. The van der Waals surface area contributed by atoms with Crippen LogP contribution in [0.15, 0.2) is 0 Å². The molecule has 434 valence electrons. The van der Waals surface area contributed by atoms with Gasteiger partial charge in [0.15, 0.2) is 11.2 Å². The van der Waals surface area contributed by atoms with Gasteiger partial charge in [-0.05, 0) is 115 Å². The van der Waals surface area contributed by atoms with E-state index in [2.05, 4.69) is 9.47 Å². The fraction of sp³-hybridized carbons (Fsp3) is 0.976. The molecule has 3 N–H and O–H groups in total. The van der Waals surface area contributed by atoms with Crippen LogP contribution < -0.4 is 0 Å². The number of hydrogen-bond acceptors (Lipinski definition) is 8. The number of alkyl halides is 24. The second kappa shape index (κ2) is 21.3. The Morgan fingerprint density at radius 3 is 1.25 bits per heavy atom. The molecule has 9 unspecified atom stereocenters. The van der Waals surface area contributed by atoms with E-state index in [1.54, 1.807) is 0 Å². The molecule has 3 saturated carbocycles. The van der Waals surface area contributed by atoms with E-state index in [9.17, 15) is 125 Å². The molecule has 0 aliphatic heterocycles. The second-order valence-corrected chi connectivity index (χ2v) is 19.9. The molecule has 3 rings (SSSR count). The van der Waals surface area contributed by atoms with Gasteiger partial charge in [0.05, 0.1) is 6.10 Å². The Kier molecular flexibility index (Phi) is 19.4. The third kappa shape index (κ3) is 13.7. The molecule has 0 aromatic carbocycles. The zero-order chi connectivity index (χ0) is 57.8. The van der Waals surface area contributed by atoms with Crippen LogP contribution >= 0.6 is 0 Å². The van der Waals surface area contributed by atoms with Crippen molar-refractivity contribution in [2.75, 3.05) is 6.79 Å². The molecule has 3 aliphatic carbocycles. The Morgan fingerprint density at radius 1 is 0.521 bits per heavy atom. The Hall–Kier alpha value is -2.61. The van der Waals surface area contributed by atoms with Gasteiger partial charge in [0.1, 0.15) is 12.4 Å². The minimum atomic E-state index is -6.05. The van der Waals surface area contributed by atoms with Gasteiger partial charge in [-0.25, -0.2) is 4.79 Å². The van der Waals surface area contributed by atoms with Crippen LogP contribution in [0.5, 0.6) is 0 Å². The van der Waals surface area contributed by atoms with E-state index in [1.807, 2.05) is 0 Å². The van der Waals surface area contributed by atoms with Gasteiger partial charge in [0.2, 0.25) is 0 Å². The fourth-order valence-electron chi connectivity index (χ4n) is 9.75. The Balaban J connectivity index is 0.000000505. The summed E-state index contributed by atoms with van der Waals surface area (Å²) in [5, 5.41) is 29.3. The molecule has 9 atom stereocenters. The molecule has 32 heteroatoms. The van der Waals surface area contributed by atoms with Crippen LogP contribution in [0.1, 0.15) is 113 Å². The van der Waals surface area contributed by atoms with E-state index in [4.69, 9.17) is 9.47 Å². The highest BCUT2D eigenvalue weighted by atomic mass is 19.4.